The molecule has 7 heteroatoms. The summed E-state index contributed by atoms with van der Waals surface area (Å²) in [5.41, 5.74) is 7.83. The first-order valence-electron chi connectivity index (χ1n) is 6.28. The highest BCUT2D eigenvalue weighted by molar-refractivity contribution is 5.94. The molecule has 0 bridgehead atoms. The molecule has 0 aliphatic carbocycles. The van der Waals surface area contributed by atoms with E-state index >= 15 is 0 Å². The van der Waals surface area contributed by atoms with Gasteiger partial charge in [0.1, 0.15) is 11.8 Å². The quantitative estimate of drug-likeness (QED) is 0.564. The van der Waals surface area contributed by atoms with Gasteiger partial charge in [0.25, 0.3) is 5.88 Å². The Hall–Kier alpha value is -3.22. The van der Waals surface area contributed by atoms with Crippen molar-refractivity contribution < 1.29 is 4.74 Å². The topological polar surface area (TPSA) is 91.2 Å². The number of ether oxygens (including phenoxy) is 1. The van der Waals surface area contributed by atoms with E-state index in [0.717, 1.165) is 5.39 Å². The lowest BCUT2D eigenvalue weighted by Crippen LogP contribution is -1.96. The Labute approximate surface area is 119 Å². The average molecular weight is 278 g/mol. The van der Waals surface area contributed by atoms with Crippen LogP contribution in [-0.2, 0) is 0 Å². The fourth-order valence-corrected chi connectivity index (χ4v) is 2.16. The molecule has 0 radical (unpaired) electrons. The summed E-state index contributed by atoms with van der Waals surface area (Å²) >= 11 is 0. The molecule has 4 aromatic rings. The highest BCUT2D eigenvalue weighted by atomic mass is 16.5. The summed E-state index contributed by atoms with van der Waals surface area (Å²) in [5, 5.41) is 8.67. The molecule has 3 heterocycles. The Kier molecular flexibility index (Phi) is 2.43. The first-order valence-corrected chi connectivity index (χ1v) is 6.28. The fourth-order valence-electron chi connectivity index (χ4n) is 2.16. The van der Waals surface area contributed by atoms with E-state index in [0.29, 0.717) is 28.5 Å². The lowest BCUT2D eigenvalue weighted by Gasteiger charge is -2.09. The number of benzene rings is 1. The van der Waals surface area contributed by atoms with Gasteiger partial charge in [-0.1, -0.05) is 0 Å². The zero-order chi connectivity index (χ0) is 14.2. The van der Waals surface area contributed by atoms with Gasteiger partial charge in [-0.25, -0.2) is 4.98 Å². The van der Waals surface area contributed by atoms with Crippen LogP contribution in [0.3, 0.4) is 0 Å². The van der Waals surface area contributed by atoms with Crippen LogP contribution in [0, 0.1) is 0 Å². The van der Waals surface area contributed by atoms with E-state index in [9.17, 15) is 0 Å². The molecule has 7 nitrogen and oxygen atoms in total. The van der Waals surface area contributed by atoms with Crippen LogP contribution in [0.15, 0.2) is 49.2 Å². The first kappa shape index (κ1) is 11.6. The van der Waals surface area contributed by atoms with Gasteiger partial charge in [0.2, 0.25) is 5.65 Å². The molecule has 1 aromatic carbocycles. The molecule has 0 aliphatic rings. The van der Waals surface area contributed by atoms with E-state index in [-0.39, 0.29) is 0 Å². The Bertz CT molecular complexity index is 948. The molecule has 0 unspecified atom stereocenters. The minimum atomic E-state index is 0.367. The van der Waals surface area contributed by atoms with E-state index in [2.05, 4.69) is 20.2 Å². The Morgan fingerprint density at radius 1 is 1.10 bits per heavy atom. The number of pyridine rings is 1. The van der Waals surface area contributed by atoms with Crippen molar-refractivity contribution in [2.24, 2.45) is 0 Å². The molecule has 0 fully saturated rings. The summed E-state index contributed by atoms with van der Waals surface area (Å²) < 4.78 is 7.60. The maximum atomic E-state index is 5.95. The molecule has 21 heavy (non-hydrogen) atoms. The van der Waals surface area contributed by atoms with E-state index < -0.39 is 0 Å². The largest absolute Gasteiger partial charge is 0.434 e. The molecule has 0 spiro atoms. The van der Waals surface area contributed by atoms with Crippen molar-refractivity contribution in [1.82, 2.24) is 24.6 Å². The van der Waals surface area contributed by atoms with Gasteiger partial charge in [-0.05, 0) is 24.3 Å². The van der Waals surface area contributed by atoms with Crippen molar-refractivity contribution in [3.8, 4) is 11.6 Å². The third-order valence-electron chi connectivity index (χ3n) is 3.16. The Morgan fingerprint density at radius 2 is 2.05 bits per heavy atom. The van der Waals surface area contributed by atoms with Crippen molar-refractivity contribution >= 4 is 22.2 Å². The number of hydrogen-bond donors (Lipinski definition) is 1. The van der Waals surface area contributed by atoms with Crippen LogP contribution < -0.4 is 10.5 Å². The predicted molar refractivity (Wildman–Crippen MR) is 77.0 cm³/mol. The zero-order valence-electron chi connectivity index (χ0n) is 10.8. The number of fused-ring (bicyclic) bond motifs is 2. The lowest BCUT2D eigenvalue weighted by molar-refractivity contribution is 0.469. The number of nitrogens with zero attached hydrogens (tertiary/aromatic N) is 5. The van der Waals surface area contributed by atoms with Crippen LogP contribution in [-0.4, -0.2) is 24.6 Å². The second-order valence-corrected chi connectivity index (χ2v) is 4.45. The standard InChI is InChI=1S/C14H10N6O/c15-10-3-4-11(12-9(10)2-1-5-16-12)21-14-13-19-18-8-20(13)7-6-17-14/h1-8H,15H2. The maximum Gasteiger partial charge on any atom is 0.265 e. The van der Waals surface area contributed by atoms with E-state index in [4.69, 9.17) is 10.5 Å². The third-order valence-corrected chi connectivity index (χ3v) is 3.16. The Morgan fingerprint density at radius 3 is 3.00 bits per heavy atom. The van der Waals surface area contributed by atoms with Gasteiger partial charge in [-0.2, -0.15) is 0 Å². The molecule has 3 aromatic heterocycles. The predicted octanol–water partition coefficient (Wildman–Crippen LogP) is 2.05. The number of nitrogen functional groups attached to an aromatic ring is 1. The summed E-state index contributed by atoms with van der Waals surface area (Å²) in [6, 6.07) is 7.28. The first-order chi connectivity index (χ1) is 10.3. The summed E-state index contributed by atoms with van der Waals surface area (Å²) in [7, 11) is 0. The van der Waals surface area contributed by atoms with Crippen LogP contribution in [0.25, 0.3) is 16.6 Å². The molecule has 0 atom stereocenters. The summed E-state index contributed by atoms with van der Waals surface area (Å²) in [6.45, 7) is 0. The average Bonchev–Trinajstić information content (AvgIpc) is 3.00. The third kappa shape index (κ3) is 1.83. The fraction of sp³-hybridized carbons (Fsp3) is 0. The Balaban J connectivity index is 1.88. The van der Waals surface area contributed by atoms with Crippen LogP contribution in [0.5, 0.6) is 11.6 Å². The van der Waals surface area contributed by atoms with Crippen LogP contribution in [0.2, 0.25) is 0 Å². The smallest absolute Gasteiger partial charge is 0.265 e. The van der Waals surface area contributed by atoms with Gasteiger partial charge >= 0.3 is 0 Å². The summed E-state index contributed by atoms with van der Waals surface area (Å²) in [4.78, 5) is 8.53. The molecular weight excluding hydrogens is 268 g/mol. The van der Waals surface area contributed by atoms with Crippen molar-refractivity contribution in [2.45, 2.75) is 0 Å². The maximum absolute atomic E-state index is 5.95. The zero-order valence-corrected chi connectivity index (χ0v) is 10.8. The van der Waals surface area contributed by atoms with E-state index in [1.807, 2.05) is 12.1 Å². The number of nitrogens with two attached hydrogens (primary N) is 1. The van der Waals surface area contributed by atoms with E-state index in [1.165, 1.54) is 0 Å². The number of rotatable bonds is 2. The van der Waals surface area contributed by atoms with Crippen molar-refractivity contribution in [3.63, 3.8) is 0 Å². The number of anilines is 1. The minimum Gasteiger partial charge on any atom is -0.434 e. The SMILES string of the molecule is Nc1ccc(Oc2nccn3cnnc23)c2ncccc12. The molecule has 2 N–H and O–H groups in total. The normalized spacial score (nSPS) is 11.0. The number of aromatic nitrogens is 5. The minimum absolute atomic E-state index is 0.367. The molecule has 4 rings (SSSR count). The van der Waals surface area contributed by atoms with Gasteiger partial charge in [-0.15, -0.1) is 10.2 Å². The van der Waals surface area contributed by atoms with Crippen molar-refractivity contribution in [2.75, 3.05) is 5.73 Å². The number of hydrogen-bond acceptors (Lipinski definition) is 6. The highest BCUT2D eigenvalue weighted by Crippen LogP contribution is 2.31. The lowest BCUT2D eigenvalue weighted by atomic mass is 10.2. The summed E-state index contributed by atoms with van der Waals surface area (Å²) in [5.74, 6) is 0.940. The van der Waals surface area contributed by atoms with Crippen molar-refractivity contribution in [3.05, 3.63) is 49.2 Å². The van der Waals surface area contributed by atoms with Crippen LogP contribution in [0.4, 0.5) is 5.69 Å². The van der Waals surface area contributed by atoms with Crippen LogP contribution in [0.1, 0.15) is 0 Å². The summed E-state index contributed by atoms with van der Waals surface area (Å²) in [6.07, 6.45) is 6.66. The monoisotopic (exact) mass is 278 g/mol. The molecule has 0 amide bonds. The molecule has 0 saturated heterocycles. The van der Waals surface area contributed by atoms with Gasteiger partial charge in [0, 0.05) is 29.7 Å². The molecule has 0 saturated carbocycles. The van der Waals surface area contributed by atoms with E-state index in [1.54, 1.807) is 41.5 Å². The van der Waals surface area contributed by atoms with Gasteiger partial charge in [-0.3, -0.25) is 9.38 Å². The second-order valence-electron chi connectivity index (χ2n) is 4.45. The molecular formula is C14H10N6O. The second kappa shape index (κ2) is 4.41. The highest BCUT2D eigenvalue weighted by Gasteiger charge is 2.11. The van der Waals surface area contributed by atoms with Gasteiger partial charge in [0.15, 0.2) is 5.75 Å². The van der Waals surface area contributed by atoms with Gasteiger partial charge in [0.05, 0.1) is 0 Å². The van der Waals surface area contributed by atoms with Crippen molar-refractivity contribution in [1.29, 1.82) is 0 Å². The van der Waals surface area contributed by atoms with Gasteiger partial charge < -0.3 is 10.5 Å². The molecule has 0 aliphatic heterocycles. The molecule has 102 valence electrons. The van der Waals surface area contributed by atoms with Crippen LogP contribution >= 0.6 is 0 Å².